The summed E-state index contributed by atoms with van der Waals surface area (Å²) in [6.45, 7) is 10.7. The molecule has 1 fully saturated rings. The molecule has 1 aromatic rings. The smallest absolute Gasteiger partial charge is 0.119 e. The van der Waals surface area contributed by atoms with Gasteiger partial charge in [-0.3, -0.25) is 4.90 Å². The summed E-state index contributed by atoms with van der Waals surface area (Å²) >= 11 is 0. The third-order valence-electron chi connectivity index (χ3n) is 3.58. The van der Waals surface area contributed by atoms with Gasteiger partial charge in [0.2, 0.25) is 0 Å². The molecule has 2 rings (SSSR count). The maximum atomic E-state index is 5.88. The number of nitrogens with one attached hydrogen (secondary N) is 1. The number of hydrogen-bond acceptors (Lipinski definition) is 4. The number of likely N-dealkylation sites (N-methyl/N-ethyl adjacent to an activating group) is 1. The van der Waals surface area contributed by atoms with E-state index in [4.69, 9.17) is 9.47 Å². The predicted octanol–water partition coefficient (Wildman–Crippen LogP) is 1.90. The van der Waals surface area contributed by atoms with Gasteiger partial charge < -0.3 is 14.8 Å². The molecule has 1 aromatic carbocycles. The Kier molecular flexibility index (Phi) is 6.30. The molecule has 4 heteroatoms. The van der Waals surface area contributed by atoms with Crippen LogP contribution in [0.5, 0.6) is 5.75 Å². The van der Waals surface area contributed by atoms with Crippen molar-refractivity contribution in [1.29, 1.82) is 0 Å². The zero-order chi connectivity index (χ0) is 14.2. The molecule has 0 saturated carbocycles. The number of nitrogens with zero attached hydrogens (tertiary/aromatic N) is 1. The van der Waals surface area contributed by atoms with Crippen molar-refractivity contribution in [2.75, 3.05) is 39.4 Å². The Bertz CT molecular complexity index is 398. The van der Waals surface area contributed by atoms with E-state index in [1.807, 2.05) is 12.1 Å². The molecule has 1 aliphatic heterocycles. The van der Waals surface area contributed by atoms with Crippen molar-refractivity contribution in [2.45, 2.75) is 26.5 Å². The van der Waals surface area contributed by atoms with Gasteiger partial charge in [0.05, 0.1) is 6.61 Å². The van der Waals surface area contributed by atoms with E-state index in [1.54, 1.807) is 0 Å². The van der Waals surface area contributed by atoms with Gasteiger partial charge in [-0.25, -0.2) is 0 Å². The van der Waals surface area contributed by atoms with Crippen LogP contribution in [-0.2, 0) is 11.3 Å². The molecule has 112 valence electrons. The van der Waals surface area contributed by atoms with Crippen LogP contribution in [-0.4, -0.2) is 50.4 Å². The third-order valence-corrected chi connectivity index (χ3v) is 3.58. The lowest BCUT2D eigenvalue weighted by molar-refractivity contribution is -0.0464. The first-order valence-electron chi connectivity index (χ1n) is 7.58. The molecule has 1 aliphatic rings. The molecule has 4 nitrogen and oxygen atoms in total. The van der Waals surface area contributed by atoms with E-state index in [0.717, 1.165) is 45.1 Å². The van der Waals surface area contributed by atoms with Gasteiger partial charge in [0.15, 0.2) is 0 Å². The van der Waals surface area contributed by atoms with Gasteiger partial charge in [0, 0.05) is 19.6 Å². The fourth-order valence-electron chi connectivity index (χ4n) is 2.37. The van der Waals surface area contributed by atoms with Crippen LogP contribution in [0.15, 0.2) is 24.3 Å². The molecule has 1 heterocycles. The molecular formula is C16H26N2O2. The number of hydrogen-bond donors (Lipinski definition) is 1. The molecule has 1 saturated heterocycles. The van der Waals surface area contributed by atoms with Gasteiger partial charge in [-0.2, -0.15) is 0 Å². The summed E-state index contributed by atoms with van der Waals surface area (Å²) in [6, 6.07) is 8.27. The Hall–Kier alpha value is -1.10. The SMILES string of the molecule is CCNCc1cccc(OCC2CN(CC)CCO2)c1. The molecule has 20 heavy (non-hydrogen) atoms. The Balaban J connectivity index is 1.81. The fourth-order valence-corrected chi connectivity index (χ4v) is 2.37. The largest absolute Gasteiger partial charge is 0.491 e. The van der Waals surface area contributed by atoms with Gasteiger partial charge >= 0.3 is 0 Å². The van der Waals surface area contributed by atoms with Crippen LogP contribution in [0, 0.1) is 0 Å². The highest BCUT2D eigenvalue weighted by molar-refractivity contribution is 5.28. The van der Waals surface area contributed by atoms with Gasteiger partial charge in [-0.15, -0.1) is 0 Å². The normalized spacial score (nSPS) is 20.0. The number of ether oxygens (including phenoxy) is 2. The summed E-state index contributed by atoms with van der Waals surface area (Å²) in [6.07, 6.45) is 0.182. The number of morpholine rings is 1. The summed E-state index contributed by atoms with van der Waals surface area (Å²) in [7, 11) is 0. The predicted molar refractivity (Wildman–Crippen MR) is 81.2 cm³/mol. The first kappa shape index (κ1) is 15.3. The molecule has 1 atom stereocenters. The molecular weight excluding hydrogens is 252 g/mol. The Morgan fingerprint density at radius 2 is 2.30 bits per heavy atom. The standard InChI is InChI=1S/C16H26N2O2/c1-3-17-11-14-6-5-7-15(10-14)20-13-16-12-18(4-2)8-9-19-16/h5-7,10,16-17H,3-4,8-9,11-13H2,1-2H3. The Labute approximate surface area is 122 Å². The highest BCUT2D eigenvalue weighted by atomic mass is 16.5. The van der Waals surface area contributed by atoms with E-state index >= 15 is 0 Å². The lowest BCUT2D eigenvalue weighted by Crippen LogP contribution is -2.44. The van der Waals surface area contributed by atoms with E-state index in [9.17, 15) is 0 Å². The average molecular weight is 278 g/mol. The lowest BCUT2D eigenvalue weighted by atomic mass is 10.2. The van der Waals surface area contributed by atoms with Gasteiger partial charge in [-0.05, 0) is 30.8 Å². The van der Waals surface area contributed by atoms with E-state index in [-0.39, 0.29) is 6.10 Å². The van der Waals surface area contributed by atoms with Crippen molar-refractivity contribution < 1.29 is 9.47 Å². The molecule has 1 N–H and O–H groups in total. The third kappa shape index (κ3) is 4.78. The Morgan fingerprint density at radius 3 is 3.10 bits per heavy atom. The molecule has 1 unspecified atom stereocenters. The second kappa shape index (κ2) is 8.25. The minimum absolute atomic E-state index is 0.182. The van der Waals surface area contributed by atoms with Crippen molar-refractivity contribution in [1.82, 2.24) is 10.2 Å². The molecule has 0 aromatic heterocycles. The van der Waals surface area contributed by atoms with Crippen LogP contribution < -0.4 is 10.1 Å². The Morgan fingerprint density at radius 1 is 1.40 bits per heavy atom. The van der Waals surface area contributed by atoms with E-state index in [2.05, 4.69) is 36.2 Å². The molecule has 0 amide bonds. The summed E-state index contributed by atoms with van der Waals surface area (Å²) in [4.78, 5) is 2.40. The van der Waals surface area contributed by atoms with Crippen molar-refractivity contribution in [3.8, 4) is 5.75 Å². The van der Waals surface area contributed by atoms with Crippen LogP contribution in [0.3, 0.4) is 0 Å². The number of benzene rings is 1. The van der Waals surface area contributed by atoms with E-state index in [1.165, 1.54) is 5.56 Å². The van der Waals surface area contributed by atoms with Gasteiger partial charge in [0.25, 0.3) is 0 Å². The highest BCUT2D eigenvalue weighted by Gasteiger charge is 2.19. The van der Waals surface area contributed by atoms with Crippen molar-refractivity contribution in [3.63, 3.8) is 0 Å². The van der Waals surface area contributed by atoms with Gasteiger partial charge in [0.1, 0.15) is 18.5 Å². The second-order valence-corrected chi connectivity index (χ2v) is 5.12. The zero-order valence-corrected chi connectivity index (χ0v) is 12.6. The summed E-state index contributed by atoms with van der Waals surface area (Å²) in [5, 5.41) is 3.32. The highest BCUT2D eigenvalue weighted by Crippen LogP contribution is 2.15. The quantitative estimate of drug-likeness (QED) is 0.826. The first-order chi connectivity index (χ1) is 9.81. The molecule has 0 aliphatic carbocycles. The maximum Gasteiger partial charge on any atom is 0.119 e. The number of rotatable bonds is 7. The fraction of sp³-hybridized carbons (Fsp3) is 0.625. The van der Waals surface area contributed by atoms with Crippen LogP contribution in [0.25, 0.3) is 0 Å². The lowest BCUT2D eigenvalue weighted by Gasteiger charge is -2.31. The second-order valence-electron chi connectivity index (χ2n) is 5.12. The van der Waals surface area contributed by atoms with Crippen molar-refractivity contribution in [3.05, 3.63) is 29.8 Å². The molecule has 0 bridgehead atoms. The zero-order valence-electron chi connectivity index (χ0n) is 12.6. The van der Waals surface area contributed by atoms with Crippen LogP contribution >= 0.6 is 0 Å². The van der Waals surface area contributed by atoms with Crippen molar-refractivity contribution >= 4 is 0 Å². The first-order valence-corrected chi connectivity index (χ1v) is 7.58. The maximum absolute atomic E-state index is 5.88. The summed E-state index contributed by atoms with van der Waals surface area (Å²) < 4.78 is 11.6. The minimum atomic E-state index is 0.182. The van der Waals surface area contributed by atoms with Crippen molar-refractivity contribution in [2.24, 2.45) is 0 Å². The topological polar surface area (TPSA) is 33.7 Å². The molecule has 0 spiro atoms. The minimum Gasteiger partial charge on any atom is -0.491 e. The van der Waals surface area contributed by atoms with Crippen LogP contribution in [0.4, 0.5) is 0 Å². The van der Waals surface area contributed by atoms with Crippen LogP contribution in [0.2, 0.25) is 0 Å². The van der Waals surface area contributed by atoms with Crippen LogP contribution in [0.1, 0.15) is 19.4 Å². The summed E-state index contributed by atoms with van der Waals surface area (Å²) in [5.41, 5.74) is 1.25. The summed E-state index contributed by atoms with van der Waals surface area (Å²) in [5.74, 6) is 0.928. The van der Waals surface area contributed by atoms with E-state index < -0.39 is 0 Å². The monoisotopic (exact) mass is 278 g/mol. The molecule has 0 radical (unpaired) electrons. The average Bonchev–Trinajstić information content (AvgIpc) is 2.51. The van der Waals surface area contributed by atoms with E-state index in [0.29, 0.717) is 6.61 Å². The van der Waals surface area contributed by atoms with Gasteiger partial charge in [-0.1, -0.05) is 26.0 Å².